The number of fused-ring (bicyclic) bond motifs is 2. The van der Waals surface area contributed by atoms with Gasteiger partial charge in [-0.15, -0.1) is 0 Å². The Kier molecular flexibility index (Phi) is 5.85. The second-order valence-electron chi connectivity index (χ2n) is 8.55. The van der Waals surface area contributed by atoms with Gasteiger partial charge >= 0.3 is 11.3 Å². The van der Waals surface area contributed by atoms with Gasteiger partial charge in [0, 0.05) is 55.1 Å². The normalized spacial score (nSPS) is 15.2. The van der Waals surface area contributed by atoms with Gasteiger partial charge in [-0.3, -0.25) is 4.90 Å². The number of para-hydroxylation sites is 1. The number of aromatic hydroxyl groups is 1. The number of hydrogen-bond donors (Lipinski definition) is 1. The molecule has 4 aromatic rings. The molecule has 1 N–H and O–H groups in total. The minimum atomic E-state index is -0.602. The van der Waals surface area contributed by atoms with E-state index in [1.807, 2.05) is 19.1 Å². The smallest absolute Gasteiger partial charge is 0.344 e. The van der Waals surface area contributed by atoms with E-state index < -0.39 is 11.3 Å². The molecule has 2 aromatic carbocycles. The minimum absolute atomic E-state index is 0.0543. The SMILES string of the molecule is CCOc1cccc2cc(-c3cc(=O)oc4c(CN5CCN(C)CC5)c(O)ccc34)c(=O)oc12. The Bertz CT molecular complexity index is 1480. The largest absolute Gasteiger partial charge is 0.507 e. The predicted octanol–water partition coefficient (Wildman–Crippen LogP) is 3.42. The fraction of sp³-hybridized carbons (Fsp3) is 0.308. The second-order valence-corrected chi connectivity index (χ2v) is 8.55. The molecule has 2 aromatic heterocycles. The Morgan fingerprint density at radius 3 is 2.53 bits per heavy atom. The number of likely N-dealkylation sites (N-methyl/N-ethyl adjacent to an activating group) is 1. The van der Waals surface area contributed by atoms with E-state index in [0.29, 0.717) is 46.4 Å². The third-order valence-corrected chi connectivity index (χ3v) is 6.28. The van der Waals surface area contributed by atoms with Crippen molar-refractivity contribution in [1.82, 2.24) is 9.80 Å². The summed E-state index contributed by atoms with van der Waals surface area (Å²) in [6.45, 7) is 6.25. The highest BCUT2D eigenvalue weighted by molar-refractivity contribution is 5.97. The van der Waals surface area contributed by atoms with Gasteiger partial charge < -0.3 is 23.6 Å². The zero-order valence-electron chi connectivity index (χ0n) is 19.2. The Labute approximate surface area is 195 Å². The highest BCUT2D eigenvalue weighted by Crippen LogP contribution is 2.34. The predicted molar refractivity (Wildman–Crippen MR) is 130 cm³/mol. The van der Waals surface area contributed by atoms with Crippen molar-refractivity contribution in [3.8, 4) is 22.6 Å². The number of piperazine rings is 1. The topological polar surface area (TPSA) is 96.4 Å². The summed E-state index contributed by atoms with van der Waals surface area (Å²) in [6.07, 6.45) is 0. The molecule has 0 radical (unpaired) electrons. The highest BCUT2D eigenvalue weighted by Gasteiger charge is 2.21. The monoisotopic (exact) mass is 462 g/mol. The standard InChI is InChI=1S/C26H26N2O6/c1-3-32-22-6-4-5-16-13-19(26(31)34-24(16)22)18-14-23(30)33-25-17(18)7-8-21(29)20(25)15-28-11-9-27(2)10-12-28/h4-8,13-14,29H,3,9-12,15H2,1-2H3. The van der Waals surface area contributed by atoms with E-state index in [4.69, 9.17) is 13.6 Å². The first kappa shape index (κ1) is 22.2. The van der Waals surface area contributed by atoms with Crippen molar-refractivity contribution in [2.24, 2.45) is 0 Å². The molecule has 1 aliphatic rings. The first-order valence-corrected chi connectivity index (χ1v) is 11.3. The maximum atomic E-state index is 13.0. The molecule has 0 bridgehead atoms. The van der Waals surface area contributed by atoms with E-state index in [1.54, 1.807) is 24.3 Å². The number of phenols is 1. The van der Waals surface area contributed by atoms with Crippen LogP contribution in [0.1, 0.15) is 12.5 Å². The molecule has 1 fully saturated rings. The average Bonchev–Trinajstić information content (AvgIpc) is 2.82. The van der Waals surface area contributed by atoms with E-state index in [2.05, 4.69) is 16.8 Å². The quantitative estimate of drug-likeness (QED) is 0.451. The lowest BCUT2D eigenvalue weighted by Crippen LogP contribution is -2.43. The summed E-state index contributed by atoms with van der Waals surface area (Å²) in [6, 6.07) is 11.6. The van der Waals surface area contributed by atoms with Crippen molar-refractivity contribution in [3.05, 3.63) is 68.9 Å². The van der Waals surface area contributed by atoms with Crippen LogP contribution in [0.25, 0.3) is 33.1 Å². The van der Waals surface area contributed by atoms with Crippen molar-refractivity contribution in [2.75, 3.05) is 39.8 Å². The Morgan fingerprint density at radius 1 is 0.971 bits per heavy atom. The second kappa shape index (κ2) is 8.96. The van der Waals surface area contributed by atoms with Crippen molar-refractivity contribution < 1.29 is 18.7 Å². The molecule has 176 valence electrons. The molecular formula is C26H26N2O6. The number of hydrogen-bond acceptors (Lipinski definition) is 8. The zero-order chi connectivity index (χ0) is 23.8. The van der Waals surface area contributed by atoms with Gasteiger partial charge in [0.1, 0.15) is 11.3 Å². The first-order chi connectivity index (χ1) is 16.4. The molecule has 1 saturated heterocycles. The van der Waals surface area contributed by atoms with Crippen LogP contribution in [-0.4, -0.2) is 54.7 Å². The molecule has 34 heavy (non-hydrogen) atoms. The summed E-state index contributed by atoms with van der Waals surface area (Å²) in [5.41, 5.74) is 0.640. The fourth-order valence-corrected chi connectivity index (χ4v) is 4.45. The molecule has 8 heteroatoms. The summed E-state index contributed by atoms with van der Waals surface area (Å²) in [5, 5.41) is 11.9. The van der Waals surface area contributed by atoms with Crippen molar-refractivity contribution in [2.45, 2.75) is 13.5 Å². The molecular weight excluding hydrogens is 436 g/mol. The van der Waals surface area contributed by atoms with Gasteiger partial charge in [-0.1, -0.05) is 12.1 Å². The van der Waals surface area contributed by atoms with Crippen LogP contribution in [0.2, 0.25) is 0 Å². The Hall–Kier alpha value is -3.62. The Balaban J connectivity index is 1.66. The lowest BCUT2D eigenvalue weighted by molar-refractivity contribution is 0.147. The van der Waals surface area contributed by atoms with E-state index in [-0.39, 0.29) is 16.9 Å². The van der Waals surface area contributed by atoms with Gasteiger partial charge in [-0.05, 0) is 38.2 Å². The van der Waals surface area contributed by atoms with Gasteiger partial charge in [0.15, 0.2) is 11.3 Å². The number of benzene rings is 2. The number of ether oxygens (including phenoxy) is 1. The summed E-state index contributed by atoms with van der Waals surface area (Å²) < 4.78 is 16.8. The van der Waals surface area contributed by atoms with Gasteiger partial charge in [-0.2, -0.15) is 0 Å². The van der Waals surface area contributed by atoms with E-state index in [9.17, 15) is 14.7 Å². The van der Waals surface area contributed by atoms with Crippen LogP contribution in [0.4, 0.5) is 0 Å². The van der Waals surface area contributed by atoms with Gasteiger partial charge in [-0.25, -0.2) is 9.59 Å². The number of rotatable bonds is 5. The summed E-state index contributed by atoms with van der Waals surface area (Å²) >= 11 is 0. The lowest BCUT2D eigenvalue weighted by Gasteiger charge is -2.32. The number of nitrogens with zero attached hydrogens (tertiary/aromatic N) is 2. The Morgan fingerprint density at radius 2 is 1.76 bits per heavy atom. The van der Waals surface area contributed by atoms with Crippen LogP contribution in [0.5, 0.6) is 11.5 Å². The first-order valence-electron chi connectivity index (χ1n) is 11.3. The fourth-order valence-electron chi connectivity index (χ4n) is 4.45. The maximum absolute atomic E-state index is 13.0. The van der Waals surface area contributed by atoms with Crippen LogP contribution in [-0.2, 0) is 6.54 Å². The van der Waals surface area contributed by atoms with E-state index >= 15 is 0 Å². The van der Waals surface area contributed by atoms with Gasteiger partial charge in [0.05, 0.1) is 17.7 Å². The van der Waals surface area contributed by atoms with Crippen molar-refractivity contribution >= 4 is 21.9 Å². The molecule has 0 atom stereocenters. The lowest BCUT2D eigenvalue weighted by atomic mass is 9.99. The molecule has 1 aliphatic heterocycles. The van der Waals surface area contributed by atoms with Crippen LogP contribution in [0.15, 0.2) is 60.9 Å². The van der Waals surface area contributed by atoms with Gasteiger partial charge in [0.2, 0.25) is 0 Å². The van der Waals surface area contributed by atoms with Crippen LogP contribution >= 0.6 is 0 Å². The highest BCUT2D eigenvalue weighted by atomic mass is 16.5. The maximum Gasteiger partial charge on any atom is 0.344 e. The van der Waals surface area contributed by atoms with E-state index in [1.165, 1.54) is 6.07 Å². The van der Waals surface area contributed by atoms with Crippen molar-refractivity contribution in [1.29, 1.82) is 0 Å². The third kappa shape index (κ3) is 4.06. The third-order valence-electron chi connectivity index (χ3n) is 6.28. The molecule has 8 nitrogen and oxygen atoms in total. The molecule has 0 aliphatic carbocycles. The van der Waals surface area contributed by atoms with E-state index in [0.717, 1.165) is 26.2 Å². The summed E-state index contributed by atoms with van der Waals surface area (Å²) in [4.78, 5) is 30.0. The van der Waals surface area contributed by atoms with Crippen molar-refractivity contribution in [3.63, 3.8) is 0 Å². The molecule has 0 saturated carbocycles. The molecule has 3 heterocycles. The number of phenolic OH excluding ortho intramolecular Hbond substituents is 1. The van der Waals surface area contributed by atoms with Crippen LogP contribution in [0, 0.1) is 0 Å². The van der Waals surface area contributed by atoms with Crippen LogP contribution in [0.3, 0.4) is 0 Å². The van der Waals surface area contributed by atoms with Crippen LogP contribution < -0.4 is 16.0 Å². The summed E-state index contributed by atoms with van der Waals surface area (Å²) in [5.74, 6) is 0.541. The molecule has 0 unspecified atom stereocenters. The van der Waals surface area contributed by atoms with Gasteiger partial charge in [0.25, 0.3) is 0 Å². The molecule has 0 amide bonds. The summed E-state index contributed by atoms with van der Waals surface area (Å²) in [7, 11) is 2.07. The minimum Gasteiger partial charge on any atom is -0.507 e. The molecule has 5 rings (SSSR count). The average molecular weight is 463 g/mol. The molecule has 0 spiro atoms. The zero-order valence-corrected chi connectivity index (χ0v) is 19.2.